The summed E-state index contributed by atoms with van der Waals surface area (Å²) in [5.41, 5.74) is 0.0434. The first-order valence-electron chi connectivity index (χ1n) is 3.50. The summed E-state index contributed by atoms with van der Waals surface area (Å²) in [4.78, 5) is 15.0. The van der Waals surface area contributed by atoms with Gasteiger partial charge in [0.15, 0.2) is 11.5 Å². The van der Waals surface area contributed by atoms with Crippen LogP contribution in [0.2, 0.25) is 0 Å². The molecule has 0 amide bonds. The lowest BCUT2D eigenvalue weighted by Gasteiger charge is -1.93. The fraction of sp³-hybridized carbons (Fsp3) is 0.250. The van der Waals surface area contributed by atoms with Crippen LogP contribution in [0.3, 0.4) is 0 Å². The number of hydrogen-bond acceptors (Lipinski definition) is 4. The molecule has 0 bridgehead atoms. The summed E-state index contributed by atoms with van der Waals surface area (Å²) in [6.45, 7) is 2.18. The van der Waals surface area contributed by atoms with Gasteiger partial charge in [0.05, 0.1) is 6.26 Å². The van der Waals surface area contributed by atoms with Crippen molar-refractivity contribution in [3.05, 3.63) is 24.2 Å². The third-order valence-electron chi connectivity index (χ3n) is 1.14. The third kappa shape index (κ3) is 1.95. The Morgan fingerprint density at radius 2 is 2.67 bits per heavy atom. The number of furan rings is 1. The van der Waals surface area contributed by atoms with E-state index in [0.717, 1.165) is 0 Å². The second-order valence-corrected chi connectivity index (χ2v) is 1.94. The van der Waals surface area contributed by atoms with E-state index in [4.69, 9.17) is 4.42 Å². The first kappa shape index (κ1) is 8.52. The van der Waals surface area contributed by atoms with Gasteiger partial charge in [-0.05, 0) is 19.1 Å². The molecule has 0 aliphatic rings. The van der Waals surface area contributed by atoms with Crippen molar-refractivity contribution < 1.29 is 14.0 Å². The molecule has 1 heterocycles. The number of rotatable bonds is 4. The summed E-state index contributed by atoms with van der Waals surface area (Å²) in [7, 11) is 0. The highest BCUT2D eigenvalue weighted by atomic mass is 16.6. The lowest BCUT2D eigenvalue weighted by Crippen LogP contribution is -2.01. The van der Waals surface area contributed by atoms with Crippen molar-refractivity contribution in [3.8, 4) is 0 Å². The monoisotopic (exact) mass is 166 g/mol. The standard InChI is InChI=1S/C8H8NO3/c1-2-12-9-7(6-10)8-4-3-5-11-8/h3-5H,2H2,1H3/b9-7+. The Labute approximate surface area is 69.8 Å². The van der Waals surface area contributed by atoms with Gasteiger partial charge in [-0.3, -0.25) is 4.79 Å². The molecule has 0 atom stereocenters. The van der Waals surface area contributed by atoms with Crippen molar-refractivity contribution in [1.82, 2.24) is 0 Å². The summed E-state index contributed by atoms with van der Waals surface area (Å²) in [5, 5.41) is 3.50. The van der Waals surface area contributed by atoms with E-state index in [2.05, 4.69) is 9.99 Å². The van der Waals surface area contributed by atoms with Gasteiger partial charge in [0.1, 0.15) is 6.61 Å². The molecular weight excluding hydrogens is 158 g/mol. The topological polar surface area (TPSA) is 51.8 Å². The molecule has 0 aliphatic heterocycles. The fourth-order valence-electron chi connectivity index (χ4n) is 0.656. The van der Waals surface area contributed by atoms with Crippen molar-refractivity contribution in [2.45, 2.75) is 6.92 Å². The molecule has 0 saturated heterocycles. The number of oxime groups is 1. The highest BCUT2D eigenvalue weighted by Gasteiger charge is 2.06. The van der Waals surface area contributed by atoms with Crippen molar-refractivity contribution in [2.24, 2.45) is 5.16 Å². The molecule has 0 fully saturated rings. The van der Waals surface area contributed by atoms with Crippen molar-refractivity contribution in [1.29, 1.82) is 0 Å². The van der Waals surface area contributed by atoms with E-state index in [1.807, 2.05) is 0 Å². The molecule has 0 saturated carbocycles. The van der Waals surface area contributed by atoms with Crippen LogP contribution in [0.4, 0.5) is 0 Å². The van der Waals surface area contributed by atoms with Gasteiger partial charge in [-0.1, -0.05) is 5.16 Å². The van der Waals surface area contributed by atoms with Gasteiger partial charge >= 0.3 is 0 Å². The largest absolute Gasteiger partial charge is 0.462 e. The van der Waals surface area contributed by atoms with Crippen LogP contribution in [0.15, 0.2) is 28.0 Å². The molecule has 4 nitrogen and oxygen atoms in total. The highest BCUT2D eigenvalue weighted by molar-refractivity contribution is 6.35. The van der Waals surface area contributed by atoms with Crippen molar-refractivity contribution in [3.63, 3.8) is 0 Å². The van der Waals surface area contributed by atoms with Crippen LogP contribution >= 0.6 is 0 Å². The molecule has 0 N–H and O–H groups in total. The van der Waals surface area contributed by atoms with Crippen LogP contribution in [-0.2, 0) is 9.63 Å². The van der Waals surface area contributed by atoms with Crippen LogP contribution in [0.5, 0.6) is 0 Å². The van der Waals surface area contributed by atoms with E-state index in [-0.39, 0.29) is 5.71 Å². The summed E-state index contributed by atoms with van der Waals surface area (Å²) < 4.78 is 4.91. The zero-order valence-electron chi connectivity index (χ0n) is 6.61. The predicted octanol–water partition coefficient (Wildman–Crippen LogP) is 1.13. The smallest absolute Gasteiger partial charge is 0.261 e. The maximum atomic E-state index is 10.3. The first-order valence-corrected chi connectivity index (χ1v) is 3.50. The molecular formula is C8H8NO3. The van der Waals surface area contributed by atoms with Crippen LogP contribution < -0.4 is 0 Å². The van der Waals surface area contributed by atoms with Gasteiger partial charge in [0.25, 0.3) is 6.29 Å². The molecule has 1 aromatic rings. The first-order chi connectivity index (χ1) is 5.88. The number of nitrogens with zero attached hydrogens (tertiary/aromatic N) is 1. The van der Waals surface area contributed by atoms with Gasteiger partial charge in [0, 0.05) is 0 Å². The minimum atomic E-state index is 0.0434. The van der Waals surface area contributed by atoms with Crippen molar-refractivity contribution in [2.75, 3.05) is 6.61 Å². The summed E-state index contributed by atoms with van der Waals surface area (Å²) >= 11 is 0. The van der Waals surface area contributed by atoms with Crippen LogP contribution in [-0.4, -0.2) is 18.6 Å². The Morgan fingerprint density at radius 3 is 3.17 bits per heavy atom. The van der Waals surface area contributed by atoms with Gasteiger partial charge < -0.3 is 9.25 Å². The zero-order valence-corrected chi connectivity index (χ0v) is 6.61. The van der Waals surface area contributed by atoms with Gasteiger partial charge in [-0.2, -0.15) is 0 Å². The average molecular weight is 166 g/mol. The summed E-state index contributed by atoms with van der Waals surface area (Å²) in [6, 6.07) is 3.27. The SMILES string of the molecule is CCO/N=C(\[C]=O)c1ccco1. The maximum Gasteiger partial charge on any atom is 0.261 e. The van der Waals surface area contributed by atoms with Crippen LogP contribution in [0.25, 0.3) is 0 Å². The van der Waals surface area contributed by atoms with Gasteiger partial charge in [-0.25, -0.2) is 0 Å². The van der Waals surface area contributed by atoms with Crippen molar-refractivity contribution >= 4 is 12.0 Å². The Bertz CT molecular complexity index is 264. The van der Waals surface area contributed by atoms with Gasteiger partial charge in [0.2, 0.25) is 0 Å². The van der Waals surface area contributed by atoms with Crippen LogP contribution in [0.1, 0.15) is 12.7 Å². The zero-order chi connectivity index (χ0) is 8.81. The summed E-state index contributed by atoms with van der Waals surface area (Å²) in [6.07, 6.45) is 3.07. The molecule has 0 spiro atoms. The minimum Gasteiger partial charge on any atom is -0.462 e. The molecule has 4 heteroatoms. The molecule has 1 radical (unpaired) electrons. The second-order valence-electron chi connectivity index (χ2n) is 1.94. The van der Waals surface area contributed by atoms with E-state index in [1.165, 1.54) is 6.26 Å². The minimum absolute atomic E-state index is 0.0434. The van der Waals surface area contributed by atoms with Crippen LogP contribution in [0, 0.1) is 0 Å². The highest BCUT2D eigenvalue weighted by Crippen LogP contribution is 2.00. The molecule has 1 rings (SSSR count). The average Bonchev–Trinajstić information content (AvgIpc) is 2.59. The molecule has 0 aliphatic carbocycles. The van der Waals surface area contributed by atoms with E-state index >= 15 is 0 Å². The molecule has 0 unspecified atom stereocenters. The van der Waals surface area contributed by atoms with Gasteiger partial charge in [-0.15, -0.1) is 0 Å². The summed E-state index contributed by atoms with van der Waals surface area (Å²) in [5.74, 6) is 0.360. The number of carbonyl (C=O) groups excluding carboxylic acids is 1. The quantitative estimate of drug-likeness (QED) is 0.497. The fourth-order valence-corrected chi connectivity index (χ4v) is 0.656. The lowest BCUT2D eigenvalue weighted by molar-refractivity contribution is 0.159. The lowest BCUT2D eigenvalue weighted by atomic mass is 10.3. The Morgan fingerprint density at radius 1 is 1.83 bits per heavy atom. The molecule has 1 aromatic heterocycles. The Balaban J connectivity index is 2.76. The normalized spacial score (nSPS) is 11.2. The number of hydrogen-bond donors (Lipinski definition) is 0. The predicted molar refractivity (Wildman–Crippen MR) is 42.6 cm³/mol. The van der Waals surface area contributed by atoms with E-state index in [1.54, 1.807) is 25.3 Å². The second kappa shape index (κ2) is 4.33. The Hall–Kier alpha value is -1.58. The maximum absolute atomic E-state index is 10.3. The van der Waals surface area contributed by atoms with E-state index < -0.39 is 0 Å². The molecule has 12 heavy (non-hydrogen) atoms. The Kier molecular flexibility index (Phi) is 3.07. The molecule has 63 valence electrons. The molecule has 0 aromatic carbocycles. The van der Waals surface area contributed by atoms with E-state index in [0.29, 0.717) is 12.4 Å². The van der Waals surface area contributed by atoms with E-state index in [9.17, 15) is 4.79 Å². The third-order valence-corrected chi connectivity index (χ3v) is 1.14.